The van der Waals surface area contributed by atoms with Gasteiger partial charge in [-0.15, -0.1) is 0 Å². The van der Waals surface area contributed by atoms with E-state index < -0.39 is 0 Å². The largest absolute Gasteiger partial charge is 0.495 e. The summed E-state index contributed by atoms with van der Waals surface area (Å²) in [6.45, 7) is 20.3. The summed E-state index contributed by atoms with van der Waals surface area (Å²) in [5.74, 6) is 2.71. The molecule has 0 bridgehead atoms. The predicted molar refractivity (Wildman–Crippen MR) is 266 cm³/mol. The minimum atomic E-state index is -0.382. The topological polar surface area (TPSA) is 83.3 Å². The van der Waals surface area contributed by atoms with Gasteiger partial charge in [0.05, 0.1) is 28.4 Å². The van der Waals surface area contributed by atoms with Crippen molar-refractivity contribution in [3.05, 3.63) is 126 Å². The van der Waals surface area contributed by atoms with Crippen LogP contribution in [0.5, 0.6) is 17.5 Å². The molecule has 6 aromatic rings. The van der Waals surface area contributed by atoms with E-state index in [0.717, 1.165) is 95.0 Å². The van der Waals surface area contributed by atoms with E-state index in [4.69, 9.17) is 33.6 Å². The van der Waals surface area contributed by atoms with E-state index in [1.165, 1.54) is 31.4 Å². The third-order valence-electron chi connectivity index (χ3n) is 15.0. The van der Waals surface area contributed by atoms with Crippen LogP contribution in [0.25, 0.3) is 22.2 Å². The molecule has 346 valence electrons. The smallest absolute Gasteiger partial charge is 0.490 e. The second-order valence-electron chi connectivity index (χ2n) is 20.4. The van der Waals surface area contributed by atoms with Crippen molar-refractivity contribution in [2.75, 3.05) is 31.1 Å². The summed E-state index contributed by atoms with van der Waals surface area (Å²) in [4.78, 5) is 10.1. The monoisotopic (exact) mass is 890 g/mol. The second-order valence-corrected chi connectivity index (χ2v) is 20.4. The van der Waals surface area contributed by atoms with Gasteiger partial charge in [0.25, 0.3) is 0 Å². The Labute approximate surface area is 392 Å². The first-order chi connectivity index (χ1) is 31.7. The van der Waals surface area contributed by atoms with Crippen molar-refractivity contribution < 1.29 is 23.5 Å². The van der Waals surface area contributed by atoms with Crippen LogP contribution >= 0.6 is 0 Å². The highest BCUT2D eigenvalue weighted by atomic mass is 16.7. The Balaban J connectivity index is 0.789. The first-order valence-corrected chi connectivity index (χ1v) is 24.2. The van der Waals surface area contributed by atoms with Gasteiger partial charge < -0.3 is 28.4 Å². The molecule has 10 nitrogen and oxygen atoms in total. The van der Waals surface area contributed by atoms with Crippen molar-refractivity contribution >= 4 is 29.2 Å². The first kappa shape index (κ1) is 45.8. The van der Waals surface area contributed by atoms with E-state index in [2.05, 4.69) is 107 Å². The van der Waals surface area contributed by atoms with Crippen LogP contribution in [0, 0.1) is 12.8 Å². The minimum absolute atomic E-state index is 0.141. The molecule has 66 heavy (non-hydrogen) atoms. The number of aromatic nitrogens is 3. The molecule has 0 unspecified atom stereocenters. The number of rotatable bonds is 15. The summed E-state index contributed by atoms with van der Waals surface area (Å²) in [5, 5.41) is 6.12. The van der Waals surface area contributed by atoms with E-state index in [9.17, 15) is 0 Å². The number of hydrogen-bond acceptors (Lipinski definition) is 9. The van der Waals surface area contributed by atoms with Gasteiger partial charge in [0.1, 0.15) is 24.7 Å². The van der Waals surface area contributed by atoms with Crippen molar-refractivity contribution in [1.82, 2.24) is 19.7 Å². The molecule has 2 saturated heterocycles. The second kappa shape index (κ2) is 19.1. The molecular weight excluding hydrogens is 821 g/mol. The average Bonchev–Trinajstić information content (AvgIpc) is 3.77. The molecule has 4 heterocycles. The number of piperazine rings is 1. The van der Waals surface area contributed by atoms with Crippen molar-refractivity contribution in [3.63, 3.8) is 0 Å². The number of nitrogens with zero attached hydrogens (tertiary/aromatic N) is 5. The lowest BCUT2D eigenvalue weighted by molar-refractivity contribution is 0.00578. The van der Waals surface area contributed by atoms with Gasteiger partial charge in [-0.05, 0) is 145 Å². The van der Waals surface area contributed by atoms with Crippen LogP contribution in [0.15, 0.2) is 109 Å². The van der Waals surface area contributed by atoms with Crippen molar-refractivity contribution in [3.8, 4) is 28.8 Å². The van der Waals surface area contributed by atoms with Crippen molar-refractivity contribution in [1.29, 1.82) is 0 Å². The average molecular weight is 890 g/mol. The van der Waals surface area contributed by atoms with Gasteiger partial charge in [-0.3, -0.25) is 9.58 Å². The number of ether oxygens (including phenoxy) is 3. The quantitative estimate of drug-likeness (QED) is 0.0936. The molecule has 0 spiro atoms. The lowest BCUT2D eigenvalue weighted by Crippen LogP contribution is -2.54. The molecular formula is C55H68BN5O5. The number of aryl methyl sites for hydroxylation is 1. The number of fused-ring (bicyclic) bond motifs is 1. The van der Waals surface area contributed by atoms with E-state index in [0.29, 0.717) is 25.0 Å². The van der Waals surface area contributed by atoms with E-state index >= 15 is 0 Å². The van der Waals surface area contributed by atoms with Crippen LogP contribution in [0.3, 0.4) is 0 Å². The number of benzene rings is 4. The van der Waals surface area contributed by atoms with Crippen LogP contribution in [0.1, 0.15) is 96.8 Å². The fourth-order valence-corrected chi connectivity index (χ4v) is 9.88. The van der Waals surface area contributed by atoms with E-state index in [1.807, 2.05) is 72.4 Å². The summed E-state index contributed by atoms with van der Waals surface area (Å²) in [6, 6.07) is 37.3. The van der Waals surface area contributed by atoms with E-state index in [-0.39, 0.29) is 30.0 Å². The normalized spacial score (nSPS) is 19.9. The van der Waals surface area contributed by atoms with Gasteiger partial charge in [-0.25, -0.2) is 0 Å². The molecule has 3 aliphatic rings. The molecule has 3 fully saturated rings. The molecule has 0 N–H and O–H groups in total. The molecule has 2 aliphatic heterocycles. The Bertz CT molecular complexity index is 2570. The highest BCUT2D eigenvalue weighted by Crippen LogP contribution is 2.40. The Hall–Kier alpha value is -5.36. The van der Waals surface area contributed by atoms with Gasteiger partial charge in [0.2, 0.25) is 11.8 Å². The number of hydrogen-bond donors (Lipinski definition) is 0. The summed E-state index contributed by atoms with van der Waals surface area (Å²) in [7, 11) is 1.64. The number of pyridine rings is 1. The van der Waals surface area contributed by atoms with Crippen LogP contribution in [-0.4, -0.2) is 75.8 Å². The SMILES string of the molecule is Cc1c(OC2CCC(CCC(C)(C)N3CCN(c4ccc5c(-c6ccc(OCc7ccccc7)nc6OCc6ccccc6)nn(C)c5c4)CC3)CC2)cccc1B1OC(C)(C)C(C)(C)O1. The molecule has 9 rings (SSSR count). The zero-order chi connectivity index (χ0) is 46.1. The molecule has 1 aliphatic carbocycles. The van der Waals surface area contributed by atoms with Crippen LogP contribution in [0.2, 0.25) is 0 Å². The molecule has 0 atom stereocenters. The molecule has 0 amide bonds. The van der Waals surface area contributed by atoms with E-state index in [1.54, 1.807) is 0 Å². The van der Waals surface area contributed by atoms with Crippen LogP contribution < -0.4 is 24.6 Å². The summed E-state index contributed by atoms with van der Waals surface area (Å²) < 4.78 is 34.0. The Morgan fingerprint density at radius 3 is 2.06 bits per heavy atom. The maximum atomic E-state index is 6.69. The maximum absolute atomic E-state index is 6.69. The Morgan fingerprint density at radius 2 is 1.39 bits per heavy atom. The lowest BCUT2D eigenvalue weighted by atomic mass is 9.76. The zero-order valence-electron chi connectivity index (χ0n) is 40.4. The molecule has 0 radical (unpaired) electrons. The highest BCUT2D eigenvalue weighted by Gasteiger charge is 2.52. The third-order valence-corrected chi connectivity index (χ3v) is 15.0. The predicted octanol–water partition coefficient (Wildman–Crippen LogP) is 10.7. The molecule has 4 aromatic carbocycles. The number of anilines is 1. The van der Waals surface area contributed by atoms with Gasteiger partial charge in [0.15, 0.2) is 0 Å². The summed E-state index contributed by atoms with van der Waals surface area (Å²) in [5.41, 5.74) is 7.71. The molecule has 2 aromatic heterocycles. The highest BCUT2D eigenvalue weighted by molar-refractivity contribution is 6.62. The van der Waals surface area contributed by atoms with Crippen molar-refractivity contribution in [2.45, 2.75) is 123 Å². The maximum Gasteiger partial charge on any atom is 0.495 e. The lowest BCUT2D eigenvalue weighted by Gasteiger charge is -2.45. The van der Waals surface area contributed by atoms with Gasteiger partial charge >= 0.3 is 7.12 Å². The standard InChI is InChI=1S/C55H68BN5O5/c1-39-47(56-65-54(4,5)55(6,7)66-56)20-15-21-49(39)64-44-25-22-40(23-26-44)30-31-53(2,3)61-34-32-60(33-35-61)43-24-27-45-48(36-43)59(8)58-51(45)46-28-29-50(62-37-41-16-11-9-12-17-41)57-52(46)63-38-42-18-13-10-14-19-42/h9-21,24,27-29,36,40,44H,22-23,25-26,30-35,37-38H2,1-8H3. The Kier molecular flexibility index (Phi) is 13.2. The van der Waals surface area contributed by atoms with Crippen LogP contribution in [-0.2, 0) is 29.6 Å². The zero-order valence-corrected chi connectivity index (χ0v) is 40.4. The van der Waals surface area contributed by atoms with Gasteiger partial charge in [-0.2, -0.15) is 10.1 Å². The molecule has 11 heteroatoms. The minimum Gasteiger partial charge on any atom is -0.490 e. The third kappa shape index (κ3) is 9.99. The fraction of sp³-hybridized carbons (Fsp3) is 0.455. The van der Waals surface area contributed by atoms with Gasteiger partial charge in [0, 0.05) is 55.9 Å². The Morgan fingerprint density at radius 1 is 0.742 bits per heavy atom. The summed E-state index contributed by atoms with van der Waals surface area (Å²) >= 11 is 0. The van der Waals surface area contributed by atoms with Crippen LogP contribution in [0.4, 0.5) is 5.69 Å². The summed E-state index contributed by atoms with van der Waals surface area (Å²) in [6.07, 6.45) is 7.34. The first-order valence-electron chi connectivity index (χ1n) is 24.2. The molecule has 1 saturated carbocycles. The van der Waals surface area contributed by atoms with Gasteiger partial charge in [-0.1, -0.05) is 72.8 Å². The van der Waals surface area contributed by atoms with Crippen molar-refractivity contribution in [2.24, 2.45) is 13.0 Å². The fourth-order valence-electron chi connectivity index (χ4n) is 9.88.